The summed E-state index contributed by atoms with van der Waals surface area (Å²) in [4.78, 5) is 0. The third kappa shape index (κ3) is 10.6. The lowest BCUT2D eigenvalue weighted by Gasteiger charge is -2.01. The minimum atomic E-state index is 0.300. The highest BCUT2D eigenvalue weighted by molar-refractivity contribution is 8.02. The van der Waals surface area contributed by atoms with Crippen LogP contribution >= 0.6 is 23.5 Å². The lowest BCUT2D eigenvalue weighted by molar-refractivity contribution is 0.164. The average Bonchev–Trinajstić information content (AvgIpc) is 2.10. The van der Waals surface area contributed by atoms with E-state index in [0.717, 1.165) is 36.2 Å². The molecule has 0 amide bonds. The quantitative estimate of drug-likeness (QED) is 0.584. The van der Waals surface area contributed by atoms with Crippen molar-refractivity contribution in [3.05, 3.63) is 0 Å². The topological polar surface area (TPSA) is 29.5 Å². The van der Waals surface area contributed by atoms with Gasteiger partial charge in [-0.05, 0) is 6.92 Å². The number of rotatable bonds is 9. The molecule has 12 heavy (non-hydrogen) atoms. The minimum absolute atomic E-state index is 0.300. The van der Waals surface area contributed by atoms with Crippen molar-refractivity contribution in [1.29, 1.82) is 0 Å². The van der Waals surface area contributed by atoms with Crippen LogP contribution in [0.15, 0.2) is 0 Å². The van der Waals surface area contributed by atoms with Gasteiger partial charge < -0.3 is 9.84 Å². The summed E-state index contributed by atoms with van der Waals surface area (Å²) < 4.78 is 5.19. The Labute approximate surface area is 83.4 Å². The first-order valence-electron chi connectivity index (χ1n) is 4.26. The Balaban J connectivity index is 2.73. The fraction of sp³-hybridized carbons (Fsp3) is 1.00. The van der Waals surface area contributed by atoms with Crippen molar-refractivity contribution < 1.29 is 9.84 Å². The van der Waals surface area contributed by atoms with Gasteiger partial charge in [-0.1, -0.05) is 0 Å². The molecule has 2 nitrogen and oxygen atoms in total. The van der Waals surface area contributed by atoms with Gasteiger partial charge in [-0.15, -0.1) is 0 Å². The molecule has 0 aliphatic heterocycles. The minimum Gasteiger partial charge on any atom is -0.396 e. The van der Waals surface area contributed by atoms with E-state index in [-0.39, 0.29) is 0 Å². The van der Waals surface area contributed by atoms with Crippen molar-refractivity contribution in [3.63, 3.8) is 0 Å². The van der Waals surface area contributed by atoms with Gasteiger partial charge in [0.25, 0.3) is 0 Å². The van der Waals surface area contributed by atoms with Crippen LogP contribution in [0.5, 0.6) is 0 Å². The van der Waals surface area contributed by atoms with Gasteiger partial charge in [0.2, 0.25) is 0 Å². The van der Waals surface area contributed by atoms with Crippen molar-refractivity contribution in [3.8, 4) is 0 Å². The number of thioether (sulfide) groups is 2. The van der Waals surface area contributed by atoms with E-state index in [4.69, 9.17) is 9.84 Å². The molecule has 0 radical (unpaired) electrons. The Hall–Kier alpha value is 0.620. The molecule has 0 spiro atoms. The zero-order chi connectivity index (χ0) is 9.07. The molecule has 0 aromatic rings. The first-order valence-corrected chi connectivity index (χ1v) is 6.56. The lowest BCUT2D eigenvalue weighted by atomic mass is 10.8. The van der Waals surface area contributed by atoms with E-state index in [1.165, 1.54) is 0 Å². The third-order valence-electron chi connectivity index (χ3n) is 1.18. The summed E-state index contributed by atoms with van der Waals surface area (Å²) in [7, 11) is 0. The van der Waals surface area contributed by atoms with Gasteiger partial charge in [0.1, 0.15) is 0 Å². The van der Waals surface area contributed by atoms with E-state index < -0.39 is 0 Å². The highest BCUT2D eigenvalue weighted by atomic mass is 32.2. The zero-order valence-corrected chi connectivity index (χ0v) is 9.25. The molecule has 0 fully saturated rings. The molecule has 1 N–H and O–H groups in total. The molecule has 4 heteroatoms. The van der Waals surface area contributed by atoms with Gasteiger partial charge in [0.05, 0.1) is 13.2 Å². The van der Waals surface area contributed by atoms with Crippen molar-refractivity contribution in [2.45, 2.75) is 6.92 Å². The van der Waals surface area contributed by atoms with Crippen LogP contribution in [0.4, 0.5) is 0 Å². The first-order chi connectivity index (χ1) is 5.91. The Bertz CT molecular complexity index is 71.5. The second-order valence-corrected chi connectivity index (χ2v) is 4.59. The summed E-state index contributed by atoms with van der Waals surface area (Å²) in [6.07, 6.45) is 0. The molecule has 0 aromatic carbocycles. The molecule has 0 aliphatic rings. The summed E-state index contributed by atoms with van der Waals surface area (Å²) in [5.41, 5.74) is 0. The van der Waals surface area contributed by atoms with Crippen LogP contribution in [0.25, 0.3) is 0 Å². The molecular weight excluding hydrogens is 192 g/mol. The maximum Gasteiger partial charge on any atom is 0.0556 e. The van der Waals surface area contributed by atoms with E-state index in [1.807, 2.05) is 18.7 Å². The molecular formula is C8H18O2S2. The molecule has 0 rings (SSSR count). The fourth-order valence-electron chi connectivity index (χ4n) is 0.649. The second kappa shape index (κ2) is 11.6. The van der Waals surface area contributed by atoms with Crippen molar-refractivity contribution >= 4 is 23.5 Å². The van der Waals surface area contributed by atoms with E-state index >= 15 is 0 Å². The van der Waals surface area contributed by atoms with Crippen LogP contribution in [0.2, 0.25) is 0 Å². The van der Waals surface area contributed by atoms with Crippen LogP contribution in [-0.4, -0.2) is 47.9 Å². The van der Waals surface area contributed by atoms with Crippen molar-refractivity contribution in [2.75, 3.05) is 42.8 Å². The predicted octanol–water partition coefficient (Wildman–Crippen LogP) is 1.48. The highest BCUT2D eigenvalue weighted by Gasteiger charge is 1.90. The maximum atomic E-state index is 8.49. The molecule has 0 saturated heterocycles. The van der Waals surface area contributed by atoms with Crippen LogP contribution in [-0.2, 0) is 4.74 Å². The standard InChI is InChI=1S/C8H18O2S2/c1-2-10-4-6-12-8-7-11-5-3-9/h9H,2-8H2,1H3. The molecule has 0 aliphatic carbocycles. The van der Waals surface area contributed by atoms with Gasteiger partial charge in [-0.3, -0.25) is 0 Å². The Morgan fingerprint density at radius 3 is 2.33 bits per heavy atom. The number of hydrogen-bond acceptors (Lipinski definition) is 4. The van der Waals surface area contributed by atoms with Gasteiger partial charge in [-0.25, -0.2) is 0 Å². The normalized spacial score (nSPS) is 10.5. The number of aliphatic hydroxyl groups is 1. The Morgan fingerprint density at radius 2 is 1.75 bits per heavy atom. The Kier molecular flexibility index (Phi) is 12.2. The Morgan fingerprint density at radius 1 is 1.08 bits per heavy atom. The first kappa shape index (κ1) is 12.6. The van der Waals surface area contributed by atoms with Gasteiger partial charge in [-0.2, -0.15) is 23.5 Å². The SMILES string of the molecule is CCOCCSCCSCCO. The van der Waals surface area contributed by atoms with Gasteiger partial charge in [0.15, 0.2) is 0 Å². The van der Waals surface area contributed by atoms with E-state index in [1.54, 1.807) is 11.8 Å². The van der Waals surface area contributed by atoms with Crippen LogP contribution in [0, 0.1) is 0 Å². The largest absolute Gasteiger partial charge is 0.396 e. The zero-order valence-electron chi connectivity index (χ0n) is 7.62. The van der Waals surface area contributed by atoms with Crippen LogP contribution in [0.1, 0.15) is 6.92 Å². The fourth-order valence-corrected chi connectivity index (χ4v) is 2.36. The number of ether oxygens (including phenoxy) is 1. The third-order valence-corrected chi connectivity index (χ3v) is 3.35. The van der Waals surface area contributed by atoms with E-state index in [2.05, 4.69) is 0 Å². The van der Waals surface area contributed by atoms with Crippen LogP contribution < -0.4 is 0 Å². The van der Waals surface area contributed by atoms with Crippen molar-refractivity contribution in [1.82, 2.24) is 0 Å². The number of aliphatic hydroxyl groups excluding tert-OH is 1. The smallest absolute Gasteiger partial charge is 0.0556 e. The van der Waals surface area contributed by atoms with Crippen LogP contribution in [0.3, 0.4) is 0 Å². The molecule has 0 bridgehead atoms. The highest BCUT2D eigenvalue weighted by Crippen LogP contribution is 2.05. The molecule has 0 atom stereocenters. The second-order valence-electron chi connectivity index (χ2n) is 2.15. The molecule has 0 unspecified atom stereocenters. The summed E-state index contributed by atoms with van der Waals surface area (Å²) in [6, 6.07) is 0. The average molecular weight is 210 g/mol. The summed E-state index contributed by atoms with van der Waals surface area (Å²) in [5, 5.41) is 8.49. The van der Waals surface area contributed by atoms with E-state index in [9.17, 15) is 0 Å². The number of hydrogen-bond donors (Lipinski definition) is 1. The molecule has 0 heterocycles. The predicted molar refractivity (Wildman–Crippen MR) is 58.2 cm³/mol. The lowest BCUT2D eigenvalue weighted by Crippen LogP contribution is -1.98. The summed E-state index contributed by atoms with van der Waals surface area (Å²) >= 11 is 3.72. The van der Waals surface area contributed by atoms with Crippen molar-refractivity contribution in [2.24, 2.45) is 0 Å². The molecule has 0 aromatic heterocycles. The monoisotopic (exact) mass is 210 g/mol. The summed E-state index contributed by atoms with van der Waals surface area (Å²) in [5.74, 6) is 4.26. The van der Waals surface area contributed by atoms with E-state index in [0.29, 0.717) is 6.61 Å². The molecule has 74 valence electrons. The summed E-state index contributed by atoms with van der Waals surface area (Å²) in [6.45, 7) is 4.00. The molecule has 0 saturated carbocycles. The van der Waals surface area contributed by atoms with Gasteiger partial charge in [0, 0.05) is 29.6 Å². The van der Waals surface area contributed by atoms with Gasteiger partial charge >= 0.3 is 0 Å². The maximum absolute atomic E-state index is 8.49.